The molecule has 0 spiro atoms. The molecule has 1 fully saturated rings. The number of hydrogen-bond acceptors (Lipinski definition) is 3. The third-order valence-corrected chi connectivity index (χ3v) is 5.44. The van der Waals surface area contributed by atoms with Gasteiger partial charge < -0.3 is 10.2 Å². The fourth-order valence-corrected chi connectivity index (χ4v) is 3.92. The van der Waals surface area contributed by atoms with Crippen LogP contribution < -0.4 is 5.32 Å². The Labute approximate surface area is 170 Å². The molecule has 4 rings (SSSR count). The number of likely N-dealkylation sites (tertiary alicyclic amines) is 1. The van der Waals surface area contributed by atoms with Gasteiger partial charge in [0.1, 0.15) is 0 Å². The number of imidazole rings is 1. The zero-order valence-corrected chi connectivity index (χ0v) is 16.7. The number of fused-ring (bicyclic) bond motifs is 1. The highest BCUT2D eigenvalue weighted by molar-refractivity contribution is 6.02. The van der Waals surface area contributed by atoms with Crippen molar-refractivity contribution in [3.05, 3.63) is 71.8 Å². The van der Waals surface area contributed by atoms with Crippen molar-refractivity contribution in [2.24, 2.45) is 5.92 Å². The van der Waals surface area contributed by atoms with Crippen LogP contribution in [0.3, 0.4) is 0 Å². The number of aromatic nitrogens is 2. The van der Waals surface area contributed by atoms with E-state index in [1.54, 1.807) is 10.6 Å². The topological polar surface area (TPSA) is 66.7 Å². The maximum atomic E-state index is 13.1. The molecule has 1 unspecified atom stereocenters. The highest BCUT2D eigenvalue weighted by Gasteiger charge is 2.27. The first-order chi connectivity index (χ1) is 14.1. The van der Waals surface area contributed by atoms with E-state index in [0.717, 1.165) is 37.9 Å². The van der Waals surface area contributed by atoms with Gasteiger partial charge in [0.25, 0.3) is 11.8 Å². The van der Waals surface area contributed by atoms with Crippen LogP contribution in [0.1, 0.15) is 46.4 Å². The molecule has 1 aliphatic rings. The van der Waals surface area contributed by atoms with Crippen molar-refractivity contribution in [2.45, 2.75) is 26.2 Å². The van der Waals surface area contributed by atoms with Crippen LogP contribution in [0.4, 0.5) is 0 Å². The molecule has 0 radical (unpaired) electrons. The van der Waals surface area contributed by atoms with Gasteiger partial charge in [-0.3, -0.25) is 14.0 Å². The SMILES string of the molecule is CC1CCCN(C(=O)c2nc(C(=O)NCCc3ccccc3)c3ccccn23)C1. The second-order valence-electron chi connectivity index (χ2n) is 7.73. The summed E-state index contributed by atoms with van der Waals surface area (Å²) in [6, 6.07) is 15.5. The minimum atomic E-state index is -0.254. The van der Waals surface area contributed by atoms with Gasteiger partial charge in [0.15, 0.2) is 5.69 Å². The first-order valence-electron chi connectivity index (χ1n) is 10.2. The van der Waals surface area contributed by atoms with Crippen molar-refractivity contribution in [1.82, 2.24) is 19.6 Å². The van der Waals surface area contributed by atoms with Gasteiger partial charge in [-0.05, 0) is 42.9 Å². The summed E-state index contributed by atoms with van der Waals surface area (Å²) in [6.45, 7) is 4.15. The van der Waals surface area contributed by atoms with E-state index in [2.05, 4.69) is 17.2 Å². The van der Waals surface area contributed by atoms with E-state index in [1.165, 1.54) is 0 Å². The van der Waals surface area contributed by atoms with Gasteiger partial charge in [-0.15, -0.1) is 0 Å². The van der Waals surface area contributed by atoms with Crippen LogP contribution in [-0.2, 0) is 6.42 Å². The van der Waals surface area contributed by atoms with Gasteiger partial charge in [-0.2, -0.15) is 0 Å². The van der Waals surface area contributed by atoms with E-state index in [-0.39, 0.29) is 11.8 Å². The molecule has 1 atom stereocenters. The molecule has 1 aromatic carbocycles. The summed E-state index contributed by atoms with van der Waals surface area (Å²) in [6.07, 6.45) is 4.68. The van der Waals surface area contributed by atoms with Gasteiger partial charge >= 0.3 is 0 Å². The molecule has 1 aliphatic heterocycles. The molecule has 6 heteroatoms. The average molecular weight is 390 g/mol. The molecule has 2 amide bonds. The summed E-state index contributed by atoms with van der Waals surface area (Å²) >= 11 is 0. The van der Waals surface area contributed by atoms with E-state index in [4.69, 9.17) is 0 Å². The lowest BCUT2D eigenvalue weighted by atomic mass is 10.0. The summed E-state index contributed by atoms with van der Waals surface area (Å²) < 4.78 is 1.73. The second kappa shape index (κ2) is 8.47. The Morgan fingerprint density at radius 2 is 1.93 bits per heavy atom. The number of carbonyl (C=O) groups is 2. The van der Waals surface area contributed by atoms with Crippen LogP contribution in [-0.4, -0.2) is 45.7 Å². The first-order valence-corrected chi connectivity index (χ1v) is 10.2. The number of carbonyl (C=O) groups excluding carboxylic acids is 2. The molecule has 1 N–H and O–H groups in total. The highest BCUT2D eigenvalue weighted by atomic mass is 16.2. The standard InChI is InChI=1S/C23H26N4O2/c1-17-8-7-14-26(16-17)23(29)21-25-20(19-11-5-6-15-27(19)21)22(28)24-13-12-18-9-3-2-4-10-18/h2-6,9-11,15,17H,7-8,12-14,16H2,1H3,(H,24,28). The van der Waals surface area contributed by atoms with Crippen molar-refractivity contribution in [1.29, 1.82) is 0 Å². The lowest BCUT2D eigenvalue weighted by Gasteiger charge is -2.30. The third kappa shape index (κ3) is 4.16. The highest BCUT2D eigenvalue weighted by Crippen LogP contribution is 2.20. The monoisotopic (exact) mass is 390 g/mol. The molecule has 3 heterocycles. The van der Waals surface area contributed by atoms with Crippen molar-refractivity contribution < 1.29 is 9.59 Å². The lowest BCUT2D eigenvalue weighted by molar-refractivity contribution is 0.0670. The molecule has 29 heavy (non-hydrogen) atoms. The fraction of sp³-hybridized carbons (Fsp3) is 0.348. The molecular weight excluding hydrogens is 364 g/mol. The van der Waals surface area contributed by atoms with Crippen molar-refractivity contribution in [3.8, 4) is 0 Å². The number of rotatable bonds is 5. The third-order valence-electron chi connectivity index (χ3n) is 5.44. The Morgan fingerprint density at radius 3 is 2.72 bits per heavy atom. The number of nitrogens with one attached hydrogen (secondary N) is 1. The number of benzene rings is 1. The second-order valence-corrected chi connectivity index (χ2v) is 7.73. The van der Waals surface area contributed by atoms with E-state index >= 15 is 0 Å². The maximum absolute atomic E-state index is 13.1. The first kappa shape index (κ1) is 19.2. The molecule has 3 aromatic rings. The number of piperidine rings is 1. The van der Waals surface area contributed by atoms with Crippen LogP contribution in [0.5, 0.6) is 0 Å². The minimum Gasteiger partial charge on any atom is -0.350 e. The van der Waals surface area contributed by atoms with Crippen LogP contribution in [0, 0.1) is 5.92 Å². The van der Waals surface area contributed by atoms with Gasteiger partial charge in [-0.25, -0.2) is 4.98 Å². The number of amides is 2. The maximum Gasteiger partial charge on any atom is 0.290 e. The minimum absolute atomic E-state index is 0.110. The molecule has 1 saturated heterocycles. The average Bonchev–Trinajstić information content (AvgIpc) is 3.14. The largest absolute Gasteiger partial charge is 0.350 e. The van der Waals surface area contributed by atoms with Crippen molar-refractivity contribution >= 4 is 17.3 Å². The Balaban J connectivity index is 1.53. The van der Waals surface area contributed by atoms with Crippen molar-refractivity contribution in [2.75, 3.05) is 19.6 Å². The Morgan fingerprint density at radius 1 is 1.14 bits per heavy atom. The van der Waals surface area contributed by atoms with Crippen LogP contribution in [0.25, 0.3) is 5.52 Å². The lowest BCUT2D eigenvalue weighted by Crippen LogP contribution is -2.40. The molecule has 6 nitrogen and oxygen atoms in total. The normalized spacial score (nSPS) is 16.7. The fourth-order valence-electron chi connectivity index (χ4n) is 3.92. The number of nitrogens with zero attached hydrogens (tertiary/aromatic N) is 3. The van der Waals surface area contributed by atoms with Gasteiger partial charge in [0.2, 0.25) is 5.82 Å². The molecular formula is C23H26N4O2. The van der Waals surface area contributed by atoms with Gasteiger partial charge in [-0.1, -0.05) is 43.3 Å². The van der Waals surface area contributed by atoms with Crippen LogP contribution >= 0.6 is 0 Å². The van der Waals surface area contributed by atoms with E-state index in [1.807, 2.05) is 53.4 Å². The van der Waals surface area contributed by atoms with E-state index in [0.29, 0.717) is 29.5 Å². The molecule has 0 saturated carbocycles. The van der Waals surface area contributed by atoms with Crippen LogP contribution in [0.15, 0.2) is 54.7 Å². The van der Waals surface area contributed by atoms with Gasteiger partial charge in [0, 0.05) is 25.8 Å². The molecule has 2 aromatic heterocycles. The zero-order chi connectivity index (χ0) is 20.2. The quantitative estimate of drug-likeness (QED) is 0.728. The Kier molecular flexibility index (Phi) is 5.60. The summed E-state index contributed by atoms with van der Waals surface area (Å²) in [5.74, 6) is 0.430. The Bertz CT molecular complexity index is 1010. The summed E-state index contributed by atoms with van der Waals surface area (Å²) in [5, 5.41) is 2.94. The predicted octanol–water partition coefficient (Wildman–Crippen LogP) is 3.18. The van der Waals surface area contributed by atoms with E-state index < -0.39 is 0 Å². The van der Waals surface area contributed by atoms with Crippen LogP contribution in [0.2, 0.25) is 0 Å². The van der Waals surface area contributed by atoms with Gasteiger partial charge in [0.05, 0.1) is 5.52 Å². The van der Waals surface area contributed by atoms with Crippen molar-refractivity contribution in [3.63, 3.8) is 0 Å². The summed E-state index contributed by atoms with van der Waals surface area (Å²) in [7, 11) is 0. The smallest absolute Gasteiger partial charge is 0.290 e. The molecule has 150 valence electrons. The Hall–Kier alpha value is -3.15. The zero-order valence-electron chi connectivity index (χ0n) is 16.7. The number of pyridine rings is 1. The number of hydrogen-bond donors (Lipinski definition) is 1. The predicted molar refractivity (Wildman–Crippen MR) is 112 cm³/mol. The summed E-state index contributed by atoms with van der Waals surface area (Å²) in [5.41, 5.74) is 2.11. The van der Waals surface area contributed by atoms with E-state index in [9.17, 15) is 9.59 Å². The molecule has 0 aliphatic carbocycles. The summed E-state index contributed by atoms with van der Waals surface area (Å²) in [4.78, 5) is 32.2. The molecule has 0 bridgehead atoms.